The van der Waals surface area contributed by atoms with Crippen molar-refractivity contribution in [2.24, 2.45) is 0 Å². The summed E-state index contributed by atoms with van der Waals surface area (Å²) in [6.45, 7) is 3.13. The molecule has 17 heteroatoms. The molecule has 0 spiro atoms. The summed E-state index contributed by atoms with van der Waals surface area (Å²) in [5.74, 6) is -0.980. The Morgan fingerprint density at radius 3 is 2.64 bits per heavy atom. The summed E-state index contributed by atoms with van der Waals surface area (Å²) in [6.07, 6.45) is 3.15. The monoisotopic (exact) mass is 646 g/mol. The summed E-state index contributed by atoms with van der Waals surface area (Å²) in [6, 6.07) is 5.46. The lowest BCUT2D eigenvalue weighted by Crippen LogP contribution is -2.47. The van der Waals surface area contributed by atoms with Gasteiger partial charge in [-0.1, -0.05) is 11.3 Å². The van der Waals surface area contributed by atoms with Crippen molar-refractivity contribution < 1.29 is 22.5 Å². The van der Waals surface area contributed by atoms with Crippen molar-refractivity contribution in [3.63, 3.8) is 0 Å². The molecule has 4 aromatic heterocycles. The van der Waals surface area contributed by atoms with Crippen molar-refractivity contribution in [3.05, 3.63) is 57.4 Å². The smallest absolute Gasteiger partial charge is 0.309 e. The van der Waals surface area contributed by atoms with Gasteiger partial charge >= 0.3 is 4.87 Å². The van der Waals surface area contributed by atoms with E-state index in [0.29, 0.717) is 72.6 Å². The number of thiazole rings is 1. The van der Waals surface area contributed by atoms with E-state index in [1.54, 1.807) is 27.9 Å². The number of carbonyl (C=O) groups excluding carboxylic acids is 1. The summed E-state index contributed by atoms with van der Waals surface area (Å²) >= 11 is 0.159. The first-order valence-electron chi connectivity index (χ1n) is 13.7. The third-order valence-electron chi connectivity index (χ3n) is 7.55. The highest BCUT2D eigenvalue weighted by molar-refractivity contribution is 7.90. The molecule has 232 valence electrons. The molecule has 1 amide bonds. The van der Waals surface area contributed by atoms with Gasteiger partial charge in [0.1, 0.15) is 33.8 Å². The Hall–Kier alpha value is -4.06. The second-order valence-electron chi connectivity index (χ2n) is 10.4. The lowest BCUT2D eigenvalue weighted by atomic mass is 10.1. The van der Waals surface area contributed by atoms with Crippen LogP contribution in [0.2, 0.25) is 0 Å². The molecule has 1 saturated heterocycles. The van der Waals surface area contributed by atoms with E-state index in [9.17, 15) is 22.9 Å². The Kier molecular flexibility index (Phi) is 8.28. The molecule has 1 aliphatic heterocycles. The summed E-state index contributed by atoms with van der Waals surface area (Å²) in [7, 11) is 1.52. The maximum absolute atomic E-state index is 14.9. The Morgan fingerprint density at radius 1 is 1.16 bits per heavy atom. The van der Waals surface area contributed by atoms with E-state index < -0.39 is 28.7 Å². The Bertz CT molecular complexity index is 1880. The molecule has 0 radical (unpaired) electrons. The number of hydrogen-bond acceptors (Lipinski definition) is 11. The van der Waals surface area contributed by atoms with Gasteiger partial charge in [-0.15, -0.1) is 5.10 Å². The van der Waals surface area contributed by atoms with Gasteiger partial charge in [0.05, 0.1) is 24.1 Å². The fourth-order valence-corrected chi connectivity index (χ4v) is 6.58. The van der Waals surface area contributed by atoms with E-state index in [-0.39, 0.29) is 28.6 Å². The molecule has 44 heavy (non-hydrogen) atoms. The number of halogens is 2. The number of nitrogens with two attached hydrogens (primary N) is 1. The van der Waals surface area contributed by atoms with Gasteiger partial charge in [0.15, 0.2) is 22.8 Å². The second-order valence-corrected chi connectivity index (χ2v) is 13.0. The zero-order valence-corrected chi connectivity index (χ0v) is 25.6. The lowest BCUT2D eigenvalue weighted by Gasteiger charge is -2.36. The number of aromatic nitrogens is 5. The van der Waals surface area contributed by atoms with E-state index >= 15 is 0 Å². The molecule has 5 aromatic rings. The van der Waals surface area contributed by atoms with Crippen molar-refractivity contribution >= 4 is 56.0 Å². The highest BCUT2D eigenvalue weighted by Gasteiger charge is 2.26. The minimum absolute atomic E-state index is 0.0895. The van der Waals surface area contributed by atoms with Gasteiger partial charge in [0, 0.05) is 52.4 Å². The van der Waals surface area contributed by atoms with Gasteiger partial charge in [-0.2, -0.15) is 14.1 Å². The lowest BCUT2D eigenvalue weighted by molar-refractivity contribution is 0.0798. The number of nitrogens with zero attached hydrogens (tertiary/aromatic N) is 8. The van der Waals surface area contributed by atoms with Crippen LogP contribution in [0.25, 0.3) is 27.6 Å². The summed E-state index contributed by atoms with van der Waals surface area (Å²) in [5.41, 5.74) is 6.96. The predicted octanol–water partition coefficient (Wildman–Crippen LogP) is 2.24. The molecular formula is C27H30F2N9O4S2+. The third-order valence-corrected chi connectivity index (χ3v) is 9.28. The van der Waals surface area contributed by atoms with Crippen molar-refractivity contribution in [1.82, 2.24) is 33.9 Å². The van der Waals surface area contributed by atoms with E-state index in [2.05, 4.69) is 20.0 Å². The number of benzene rings is 1. The highest BCUT2D eigenvalue weighted by Crippen LogP contribution is 2.27. The zero-order valence-electron chi connectivity index (χ0n) is 23.9. The minimum Gasteiger partial charge on any atom is -0.461 e. The molecule has 1 unspecified atom stereocenters. The Balaban J connectivity index is 1.14. The van der Waals surface area contributed by atoms with Crippen LogP contribution in [0.15, 0.2) is 39.7 Å². The number of carbonyl (C=O) groups is 1. The predicted molar refractivity (Wildman–Crippen MR) is 165 cm³/mol. The van der Waals surface area contributed by atoms with Gasteiger partial charge in [-0.3, -0.25) is 19.1 Å². The molecule has 5 heterocycles. The number of amides is 1. The van der Waals surface area contributed by atoms with Crippen molar-refractivity contribution in [2.45, 2.75) is 6.54 Å². The first-order valence-corrected chi connectivity index (χ1v) is 16.3. The molecule has 0 bridgehead atoms. The SMILES string of the molecule is CN(CC[S+](C)O)C(=O)c1cc(N2CCN(CCn3c(=O)sc4c3nc(N)n3nc(-c5ccco5)nc43)CC2)c(F)cc1F. The van der Waals surface area contributed by atoms with Gasteiger partial charge in [-0.25, -0.2) is 13.8 Å². The number of rotatable bonds is 9. The molecule has 0 aliphatic carbocycles. The van der Waals surface area contributed by atoms with E-state index in [0.717, 1.165) is 17.4 Å². The first-order chi connectivity index (χ1) is 21.1. The summed E-state index contributed by atoms with van der Waals surface area (Å²) in [4.78, 5) is 39.9. The average Bonchev–Trinajstić information content (AvgIpc) is 3.74. The average molecular weight is 647 g/mol. The van der Waals surface area contributed by atoms with Gasteiger partial charge in [-0.05, 0) is 18.2 Å². The van der Waals surface area contributed by atoms with Crippen molar-refractivity contribution in [2.75, 3.05) is 69.0 Å². The van der Waals surface area contributed by atoms with Crippen LogP contribution in [0.1, 0.15) is 10.4 Å². The number of hydrogen-bond donors (Lipinski definition) is 2. The maximum Gasteiger partial charge on any atom is 0.309 e. The topological polar surface area (TPSA) is 151 Å². The number of anilines is 2. The molecule has 3 N–H and O–H groups in total. The molecule has 1 aliphatic rings. The summed E-state index contributed by atoms with van der Waals surface area (Å²) in [5, 5.41) is 4.37. The first kappa shape index (κ1) is 30.0. The maximum atomic E-state index is 14.9. The van der Waals surface area contributed by atoms with Gasteiger partial charge < -0.3 is 20.0 Å². The fourth-order valence-electron chi connectivity index (χ4n) is 5.11. The zero-order chi connectivity index (χ0) is 31.1. The minimum atomic E-state index is -0.926. The van der Waals surface area contributed by atoms with Crippen molar-refractivity contribution in [1.29, 1.82) is 0 Å². The largest absolute Gasteiger partial charge is 0.461 e. The van der Waals surface area contributed by atoms with Crippen LogP contribution in [0.3, 0.4) is 0 Å². The molecule has 1 atom stereocenters. The van der Waals surface area contributed by atoms with Gasteiger partial charge in [0.2, 0.25) is 11.8 Å². The van der Waals surface area contributed by atoms with Crippen LogP contribution in [0.4, 0.5) is 20.4 Å². The standard InChI is InChI=1S/C27H30F2N9O4S2/c1-34(11-13-44(2)41)25(39)16-14-19(18(29)15-17(16)28)36-8-5-35(6-9-36)7-10-37-23-21(43-27(37)40)24-31-22(20-4-3-12-42-20)33-38(24)26(30)32-23/h3-4,12,14-15,41H,5-11,13H2,1-2H3,(H2,30,32)/q+1. The highest BCUT2D eigenvalue weighted by atomic mass is 32.2. The number of fused-ring (bicyclic) bond motifs is 3. The van der Waals surface area contributed by atoms with E-state index in [1.807, 2.05) is 0 Å². The number of piperazine rings is 1. The quantitative estimate of drug-likeness (QED) is 0.228. The Morgan fingerprint density at radius 2 is 1.93 bits per heavy atom. The third kappa shape index (κ3) is 5.74. The molecular weight excluding hydrogens is 616 g/mol. The molecule has 0 saturated carbocycles. The Labute approximate surface area is 256 Å². The normalized spacial score (nSPS) is 15.0. The molecule has 6 rings (SSSR count). The van der Waals surface area contributed by atoms with E-state index in [1.165, 1.54) is 28.8 Å². The molecule has 1 fully saturated rings. The van der Waals surface area contributed by atoms with Gasteiger partial charge in [0.25, 0.3) is 5.91 Å². The van der Waals surface area contributed by atoms with Crippen LogP contribution in [-0.2, 0) is 17.7 Å². The molecule has 13 nitrogen and oxygen atoms in total. The summed E-state index contributed by atoms with van der Waals surface area (Å²) < 4.78 is 47.9. The molecule has 1 aromatic carbocycles. The second kappa shape index (κ2) is 12.1. The fraction of sp³-hybridized carbons (Fsp3) is 0.370. The van der Waals surface area contributed by atoms with Crippen LogP contribution in [0.5, 0.6) is 0 Å². The van der Waals surface area contributed by atoms with Crippen LogP contribution >= 0.6 is 11.3 Å². The van der Waals surface area contributed by atoms with E-state index in [4.69, 9.17) is 10.2 Å². The number of nitrogen functional groups attached to an aromatic ring is 1. The van der Waals surface area contributed by atoms with Crippen LogP contribution < -0.4 is 15.5 Å². The van der Waals surface area contributed by atoms with Crippen LogP contribution in [0, 0.1) is 11.6 Å². The number of furan rings is 1. The van der Waals surface area contributed by atoms with Crippen LogP contribution in [-0.4, -0.2) is 103 Å². The van der Waals surface area contributed by atoms with Crippen molar-refractivity contribution in [3.8, 4) is 11.6 Å².